The van der Waals surface area contributed by atoms with E-state index in [1.54, 1.807) is 13.3 Å². The van der Waals surface area contributed by atoms with Gasteiger partial charge in [-0.15, -0.1) is 24.0 Å². The molecule has 1 aromatic heterocycles. The zero-order valence-electron chi connectivity index (χ0n) is 12.8. The predicted octanol–water partition coefficient (Wildman–Crippen LogP) is 1.38. The zero-order chi connectivity index (χ0) is 14.8. The van der Waals surface area contributed by atoms with Crippen LogP contribution in [0.4, 0.5) is 0 Å². The third kappa shape index (κ3) is 8.59. The van der Waals surface area contributed by atoms with Crippen molar-refractivity contribution in [1.82, 2.24) is 16.0 Å². The van der Waals surface area contributed by atoms with Crippen molar-refractivity contribution in [2.45, 2.75) is 20.3 Å². The summed E-state index contributed by atoms with van der Waals surface area (Å²) < 4.78 is 5.25. The Kier molecular flexibility index (Phi) is 10.7. The molecule has 1 amide bonds. The van der Waals surface area contributed by atoms with Gasteiger partial charge in [0.15, 0.2) is 5.96 Å². The van der Waals surface area contributed by atoms with Crippen LogP contribution in [0, 0.1) is 5.92 Å². The fraction of sp³-hybridized carbons (Fsp3) is 0.571. The van der Waals surface area contributed by atoms with E-state index in [1.165, 1.54) is 0 Å². The average Bonchev–Trinajstić information content (AvgIpc) is 2.94. The van der Waals surface area contributed by atoms with Crippen LogP contribution in [-0.2, 0) is 11.2 Å². The molecule has 0 aliphatic heterocycles. The highest BCUT2D eigenvalue weighted by molar-refractivity contribution is 14.0. The number of nitrogens with zero attached hydrogens (tertiary/aromatic N) is 1. The monoisotopic (exact) mass is 408 g/mol. The van der Waals surface area contributed by atoms with E-state index in [9.17, 15) is 4.79 Å². The molecule has 0 aromatic carbocycles. The lowest BCUT2D eigenvalue weighted by atomic mass is 10.2. The summed E-state index contributed by atoms with van der Waals surface area (Å²) in [5.74, 6) is 1.74. The number of amides is 1. The second-order valence-electron chi connectivity index (χ2n) is 4.70. The van der Waals surface area contributed by atoms with Gasteiger partial charge in [-0.25, -0.2) is 0 Å². The van der Waals surface area contributed by atoms with Gasteiger partial charge in [0.2, 0.25) is 5.91 Å². The number of hydrogen-bond donors (Lipinski definition) is 3. The highest BCUT2D eigenvalue weighted by Gasteiger charge is 2.05. The number of nitrogens with one attached hydrogen (secondary N) is 3. The van der Waals surface area contributed by atoms with Crippen LogP contribution in [0.5, 0.6) is 0 Å². The molecule has 0 aliphatic rings. The summed E-state index contributed by atoms with van der Waals surface area (Å²) >= 11 is 0. The summed E-state index contributed by atoms with van der Waals surface area (Å²) in [5.41, 5.74) is 0. The van der Waals surface area contributed by atoms with Gasteiger partial charge >= 0.3 is 0 Å². The van der Waals surface area contributed by atoms with Gasteiger partial charge in [-0.2, -0.15) is 0 Å². The van der Waals surface area contributed by atoms with Gasteiger partial charge in [0.25, 0.3) is 0 Å². The minimum Gasteiger partial charge on any atom is -0.469 e. The summed E-state index contributed by atoms with van der Waals surface area (Å²) in [7, 11) is 1.72. The summed E-state index contributed by atoms with van der Waals surface area (Å²) in [6.07, 6.45) is 2.47. The Hall–Kier alpha value is -1.25. The lowest BCUT2D eigenvalue weighted by Gasteiger charge is -2.12. The number of aliphatic imine (C=N–C) groups is 1. The fourth-order valence-electron chi connectivity index (χ4n) is 1.55. The Bertz CT molecular complexity index is 419. The lowest BCUT2D eigenvalue weighted by molar-refractivity contribution is -0.123. The lowest BCUT2D eigenvalue weighted by Crippen LogP contribution is -2.42. The van der Waals surface area contributed by atoms with Crippen LogP contribution in [0.3, 0.4) is 0 Å². The van der Waals surface area contributed by atoms with Crippen molar-refractivity contribution in [3.63, 3.8) is 0 Å². The molecule has 120 valence electrons. The van der Waals surface area contributed by atoms with E-state index < -0.39 is 0 Å². The molecule has 3 N–H and O–H groups in total. The van der Waals surface area contributed by atoms with E-state index in [2.05, 4.69) is 20.9 Å². The molecular formula is C14H25IN4O2. The second-order valence-corrected chi connectivity index (χ2v) is 4.70. The van der Waals surface area contributed by atoms with Gasteiger partial charge in [-0.05, 0) is 12.1 Å². The third-order valence-electron chi connectivity index (χ3n) is 2.71. The standard InChI is InChI=1S/C14H24N4O2.HI/c1-11(2)13(19)16-8-9-18-14(15-3)17-7-6-12-5-4-10-20-12;/h4-5,10-11H,6-9H2,1-3H3,(H,16,19)(H2,15,17,18);1H. The number of rotatable bonds is 7. The van der Waals surface area contributed by atoms with Gasteiger partial charge in [-0.1, -0.05) is 13.8 Å². The fourth-order valence-corrected chi connectivity index (χ4v) is 1.55. The highest BCUT2D eigenvalue weighted by atomic mass is 127. The molecule has 6 nitrogen and oxygen atoms in total. The topological polar surface area (TPSA) is 78.7 Å². The molecule has 0 fully saturated rings. The minimum atomic E-state index is 0. The van der Waals surface area contributed by atoms with Crippen molar-refractivity contribution < 1.29 is 9.21 Å². The largest absolute Gasteiger partial charge is 0.469 e. The van der Waals surface area contributed by atoms with Gasteiger partial charge in [0.05, 0.1) is 6.26 Å². The van der Waals surface area contributed by atoms with E-state index >= 15 is 0 Å². The van der Waals surface area contributed by atoms with Crippen molar-refractivity contribution in [3.05, 3.63) is 24.2 Å². The maximum Gasteiger partial charge on any atom is 0.222 e. The first-order chi connectivity index (χ1) is 9.63. The van der Waals surface area contributed by atoms with Crippen molar-refractivity contribution in [3.8, 4) is 0 Å². The molecule has 0 saturated carbocycles. The first kappa shape index (κ1) is 19.8. The maximum absolute atomic E-state index is 11.4. The number of hydrogen-bond acceptors (Lipinski definition) is 3. The smallest absolute Gasteiger partial charge is 0.222 e. The minimum absolute atomic E-state index is 0. The van der Waals surface area contributed by atoms with Crippen molar-refractivity contribution in [2.75, 3.05) is 26.7 Å². The number of halogens is 1. The van der Waals surface area contributed by atoms with E-state index in [1.807, 2.05) is 26.0 Å². The predicted molar refractivity (Wildman–Crippen MR) is 95.0 cm³/mol. The van der Waals surface area contributed by atoms with Crippen LogP contribution in [0.2, 0.25) is 0 Å². The molecule has 1 aromatic rings. The Balaban J connectivity index is 0.00000400. The van der Waals surface area contributed by atoms with Gasteiger partial charge in [-0.3, -0.25) is 9.79 Å². The molecule has 1 heterocycles. The third-order valence-corrected chi connectivity index (χ3v) is 2.71. The molecule has 0 aliphatic carbocycles. The molecular weight excluding hydrogens is 383 g/mol. The molecule has 0 saturated heterocycles. The van der Waals surface area contributed by atoms with Gasteiger partial charge in [0.1, 0.15) is 5.76 Å². The van der Waals surface area contributed by atoms with E-state index in [0.717, 1.165) is 24.7 Å². The zero-order valence-corrected chi connectivity index (χ0v) is 15.1. The van der Waals surface area contributed by atoms with Crippen LogP contribution < -0.4 is 16.0 Å². The SMILES string of the molecule is CN=C(NCCNC(=O)C(C)C)NCCc1ccco1.I. The Morgan fingerprint density at radius 3 is 2.48 bits per heavy atom. The summed E-state index contributed by atoms with van der Waals surface area (Å²) in [6.45, 7) is 5.70. The van der Waals surface area contributed by atoms with Crippen molar-refractivity contribution >= 4 is 35.8 Å². The van der Waals surface area contributed by atoms with Crippen molar-refractivity contribution in [2.24, 2.45) is 10.9 Å². The average molecular weight is 408 g/mol. The first-order valence-electron chi connectivity index (χ1n) is 6.88. The van der Waals surface area contributed by atoms with Gasteiger partial charge in [0, 0.05) is 39.0 Å². The highest BCUT2D eigenvalue weighted by Crippen LogP contribution is 1.99. The summed E-state index contributed by atoms with van der Waals surface area (Å²) in [5, 5.41) is 9.16. The van der Waals surface area contributed by atoms with Crippen LogP contribution >= 0.6 is 24.0 Å². The van der Waals surface area contributed by atoms with E-state index in [-0.39, 0.29) is 35.8 Å². The van der Waals surface area contributed by atoms with Crippen molar-refractivity contribution in [1.29, 1.82) is 0 Å². The molecule has 0 spiro atoms. The molecule has 21 heavy (non-hydrogen) atoms. The number of carbonyl (C=O) groups is 1. The molecule has 0 unspecified atom stereocenters. The van der Waals surface area contributed by atoms with E-state index in [0.29, 0.717) is 13.1 Å². The Morgan fingerprint density at radius 1 is 1.24 bits per heavy atom. The number of carbonyl (C=O) groups excluding carboxylic acids is 1. The molecule has 0 bridgehead atoms. The number of furan rings is 1. The Morgan fingerprint density at radius 2 is 1.90 bits per heavy atom. The molecule has 0 atom stereocenters. The summed E-state index contributed by atoms with van der Waals surface area (Å²) in [6, 6.07) is 3.82. The van der Waals surface area contributed by atoms with Crippen LogP contribution in [-0.4, -0.2) is 38.5 Å². The van der Waals surface area contributed by atoms with Crippen LogP contribution in [0.25, 0.3) is 0 Å². The molecule has 1 rings (SSSR count). The molecule has 0 radical (unpaired) electrons. The first-order valence-corrected chi connectivity index (χ1v) is 6.88. The number of guanidine groups is 1. The van der Waals surface area contributed by atoms with Gasteiger partial charge < -0.3 is 20.4 Å². The molecule has 7 heteroatoms. The summed E-state index contributed by atoms with van der Waals surface area (Å²) in [4.78, 5) is 15.5. The van der Waals surface area contributed by atoms with Crippen LogP contribution in [0.1, 0.15) is 19.6 Å². The van der Waals surface area contributed by atoms with E-state index in [4.69, 9.17) is 4.42 Å². The Labute approximate surface area is 143 Å². The normalized spacial score (nSPS) is 11.0. The van der Waals surface area contributed by atoms with Crippen LogP contribution in [0.15, 0.2) is 27.8 Å². The quantitative estimate of drug-likeness (QED) is 0.276. The maximum atomic E-state index is 11.4. The second kappa shape index (κ2) is 11.4.